The third-order valence-corrected chi connectivity index (χ3v) is 2.12. The zero-order valence-corrected chi connectivity index (χ0v) is 7.03. The van der Waals surface area contributed by atoms with Gasteiger partial charge in [0.1, 0.15) is 5.78 Å². The van der Waals surface area contributed by atoms with Gasteiger partial charge < -0.3 is 0 Å². The van der Waals surface area contributed by atoms with Crippen molar-refractivity contribution in [2.45, 2.75) is 25.6 Å². The SMILES string of the molecule is CC(=O)[C@@H](C)C(C)Br. The van der Waals surface area contributed by atoms with Crippen molar-refractivity contribution in [1.29, 1.82) is 0 Å². The van der Waals surface area contributed by atoms with Gasteiger partial charge in [0.2, 0.25) is 0 Å². The average Bonchev–Trinajstić information content (AvgIpc) is 1.64. The highest BCUT2D eigenvalue weighted by Crippen LogP contribution is 2.11. The number of hydrogen-bond acceptors (Lipinski definition) is 1. The molecular weight excluding hydrogens is 168 g/mol. The first-order chi connectivity index (χ1) is 3.55. The Kier molecular flexibility index (Phi) is 3.29. The Hall–Kier alpha value is 0.150. The van der Waals surface area contributed by atoms with Crippen LogP contribution in [0.15, 0.2) is 0 Å². The highest BCUT2D eigenvalue weighted by Gasteiger charge is 2.11. The predicted molar refractivity (Wildman–Crippen MR) is 38.2 cm³/mol. The largest absolute Gasteiger partial charge is 0.300 e. The Morgan fingerprint density at radius 2 is 1.88 bits per heavy atom. The maximum atomic E-state index is 10.6. The second kappa shape index (κ2) is 3.23. The molecule has 2 atom stereocenters. The Balaban J connectivity index is 3.64. The summed E-state index contributed by atoms with van der Waals surface area (Å²) in [4.78, 5) is 10.9. The molecule has 0 aliphatic heterocycles. The van der Waals surface area contributed by atoms with Crippen molar-refractivity contribution in [2.75, 3.05) is 0 Å². The van der Waals surface area contributed by atoms with E-state index in [1.807, 2.05) is 13.8 Å². The molecule has 0 fully saturated rings. The van der Waals surface area contributed by atoms with Gasteiger partial charge in [-0.3, -0.25) is 4.79 Å². The maximum Gasteiger partial charge on any atom is 0.133 e. The van der Waals surface area contributed by atoms with Crippen LogP contribution in [0.4, 0.5) is 0 Å². The van der Waals surface area contributed by atoms with Crippen LogP contribution < -0.4 is 0 Å². The number of hydrogen-bond donors (Lipinski definition) is 0. The van der Waals surface area contributed by atoms with Crippen LogP contribution in [0.1, 0.15) is 20.8 Å². The van der Waals surface area contributed by atoms with Gasteiger partial charge in [0.25, 0.3) is 0 Å². The normalized spacial score (nSPS) is 17.5. The minimum Gasteiger partial charge on any atom is -0.300 e. The topological polar surface area (TPSA) is 17.1 Å². The molecule has 48 valence electrons. The molecule has 0 aromatic heterocycles. The van der Waals surface area contributed by atoms with Gasteiger partial charge in [-0.25, -0.2) is 0 Å². The summed E-state index contributed by atoms with van der Waals surface area (Å²) in [6, 6.07) is 0. The van der Waals surface area contributed by atoms with E-state index in [0.717, 1.165) is 0 Å². The first kappa shape index (κ1) is 8.15. The molecular formula is C6H11BrO. The zero-order chi connectivity index (χ0) is 6.73. The Labute approximate surface area is 58.6 Å². The minimum atomic E-state index is 0.148. The number of carbonyl (C=O) groups is 1. The van der Waals surface area contributed by atoms with Crippen molar-refractivity contribution < 1.29 is 4.79 Å². The highest BCUT2D eigenvalue weighted by molar-refractivity contribution is 9.09. The van der Waals surface area contributed by atoms with Crippen molar-refractivity contribution >= 4 is 21.7 Å². The van der Waals surface area contributed by atoms with Gasteiger partial charge in [-0.05, 0) is 6.92 Å². The van der Waals surface area contributed by atoms with Crippen LogP contribution in [0.5, 0.6) is 0 Å². The molecule has 0 heterocycles. The van der Waals surface area contributed by atoms with Crippen molar-refractivity contribution in [2.24, 2.45) is 5.92 Å². The number of alkyl halides is 1. The number of rotatable bonds is 2. The molecule has 0 aromatic carbocycles. The summed E-state index contributed by atoms with van der Waals surface area (Å²) in [7, 11) is 0. The van der Waals surface area contributed by atoms with Crippen LogP contribution in [-0.4, -0.2) is 10.6 Å². The van der Waals surface area contributed by atoms with E-state index in [9.17, 15) is 4.79 Å². The summed E-state index contributed by atoms with van der Waals surface area (Å²) < 4.78 is 0. The zero-order valence-electron chi connectivity index (χ0n) is 5.44. The van der Waals surface area contributed by atoms with Crippen LogP contribution in [0, 0.1) is 5.92 Å². The number of carbonyl (C=O) groups excluding carboxylic acids is 1. The van der Waals surface area contributed by atoms with Crippen LogP contribution in [0.3, 0.4) is 0 Å². The molecule has 2 heteroatoms. The number of Topliss-reactive ketones (excluding diaryl/α,β-unsaturated/α-hetero) is 1. The number of ketones is 1. The monoisotopic (exact) mass is 178 g/mol. The quantitative estimate of drug-likeness (QED) is 0.592. The number of halogens is 1. The van der Waals surface area contributed by atoms with E-state index in [-0.39, 0.29) is 11.7 Å². The van der Waals surface area contributed by atoms with E-state index in [2.05, 4.69) is 15.9 Å². The molecule has 0 aliphatic carbocycles. The maximum absolute atomic E-state index is 10.6. The Morgan fingerprint density at radius 1 is 1.50 bits per heavy atom. The van der Waals surface area contributed by atoms with Crippen LogP contribution in [0.2, 0.25) is 0 Å². The van der Waals surface area contributed by atoms with Gasteiger partial charge in [0.05, 0.1) is 0 Å². The smallest absolute Gasteiger partial charge is 0.133 e. The average molecular weight is 179 g/mol. The van der Waals surface area contributed by atoms with Crippen LogP contribution in [0.25, 0.3) is 0 Å². The van der Waals surface area contributed by atoms with Crippen molar-refractivity contribution in [3.8, 4) is 0 Å². The van der Waals surface area contributed by atoms with E-state index in [4.69, 9.17) is 0 Å². The fraction of sp³-hybridized carbons (Fsp3) is 0.833. The lowest BCUT2D eigenvalue weighted by molar-refractivity contribution is -0.120. The van der Waals surface area contributed by atoms with E-state index >= 15 is 0 Å². The molecule has 0 aliphatic rings. The third-order valence-electron chi connectivity index (χ3n) is 1.33. The van der Waals surface area contributed by atoms with Gasteiger partial charge in [-0.2, -0.15) is 0 Å². The first-order valence-corrected chi connectivity index (χ1v) is 3.61. The van der Waals surface area contributed by atoms with E-state index in [1.54, 1.807) is 6.92 Å². The molecule has 0 aromatic rings. The molecule has 0 N–H and O–H groups in total. The van der Waals surface area contributed by atoms with Gasteiger partial charge >= 0.3 is 0 Å². The van der Waals surface area contributed by atoms with Crippen LogP contribution >= 0.6 is 15.9 Å². The first-order valence-electron chi connectivity index (χ1n) is 2.70. The molecule has 8 heavy (non-hydrogen) atoms. The minimum absolute atomic E-state index is 0.148. The third kappa shape index (κ3) is 2.46. The molecule has 0 amide bonds. The molecule has 0 spiro atoms. The summed E-state index contributed by atoms with van der Waals surface area (Å²) in [5.74, 6) is 0.393. The predicted octanol–water partition coefficient (Wildman–Crippen LogP) is 1.99. The van der Waals surface area contributed by atoms with E-state index in [0.29, 0.717) is 4.83 Å². The molecule has 0 saturated carbocycles. The Morgan fingerprint density at radius 3 is 1.88 bits per heavy atom. The summed E-state index contributed by atoms with van der Waals surface area (Å²) in [6.45, 7) is 5.51. The Bertz CT molecular complexity index is 88.5. The van der Waals surface area contributed by atoms with Crippen molar-refractivity contribution in [1.82, 2.24) is 0 Å². The van der Waals surface area contributed by atoms with E-state index in [1.165, 1.54) is 0 Å². The van der Waals surface area contributed by atoms with Crippen LogP contribution in [-0.2, 0) is 4.79 Å². The summed E-state index contributed by atoms with van der Waals surface area (Å²) >= 11 is 3.32. The lowest BCUT2D eigenvalue weighted by Crippen LogP contribution is -2.14. The molecule has 0 rings (SSSR count). The molecule has 0 radical (unpaired) electrons. The second-order valence-corrected chi connectivity index (χ2v) is 3.52. The molecule has 1 nitrogen and oxygen atoms in total. The fourth-order valence-corrected chi connectivity index (χ4v) is 0.696. The molecule has 0 saturated heterocycles. The summed E-state index contributed by atoms with van der Waals surface area (Å²) in [6.07, 6.45) is 0. The molecule has 1 unspecified atom stereocenters. The van der Waals surface area contributed by atoms with Crippen molar-refractivity contribution in [3.63, 3.8) is 0 Å². The van der Waals surface area contributed by atoms with Gasteiger partial charge in [0.15, 0.2) is 0 Å². The summed E-state index contributed by atoms with van der Waals surface area (Å²) in [5.41, 5.74) is 0. The van der Waals surface area contributed by atoms with Gasteiger partial charge in [0, 0.05) is 10.7 Å². The van der Waals surface area contributed by atoms with E-state index < -0.39 is 0 Å². The molecule has 0 bridgehead atoms. The lowest BCUT2D eigenvalue weighted by atomic mass is 10.1. The lowest BCUT2D eigenvalue weighted by Gasteiger charge is -2.07. The second-order valence-electron chi connectivity index (χ2n) is 2.08. The fourth-order valence-electron chi connectivity index (χ4n) is 0.323. The van der Waals surface area contributed by atoms with Gasteiger partial charge in [-0.1, -0.05) is 29.8 Å². The van der Waals surface area contributed by atoms with Crippen molar-refractivity contribution in [3.05, 3.63) is 0 Å². The van der Waals surface area contributed by atoms with Gasteiger partial charge in [-0.15, -0.1) is 0 Å². The highest BCUT2D eigenvalue weighted by atomic mass is 79.9. The standard InChI is InChI=1S/C6H11BrO/c1-4(5(2)7)6(3)8/h4-5H,1-3H3/t4-,5?/m0/s1. The summed E-state index contributed by atoms with van der Waals surface area (Å²) in [5, 5.41) is 0.